The van der Waals surface area contributed by atoms with E-state index in [0.717, 1.165) is 24.3 Å². The molecule has 4 aliphatic rings. The number of aromatic nitrogens is 10. The second-order valence-corrected chi connectivity index (χ2v) is 23.8. The zero-order valence-corrected chi connectivity index (χ0v) is 45.0. The molecule has 436 valence electrons. The van der Waals surface area contributed by atoms with Crippen LogP contribution in [0.4, 0.5) is 17.6 Å². The summed E-state index contributed by atoms with van der Waals surface area (Å²) in [6.45, 7) is -3.06. The molecule has 79 heavy (non-hydrogen) atoms. The minimum absolute atomic E-state index is 0.0492. The van der Waals surface area contributed by atoms with Gasteiger partial charge >= 0.3 is 31.3 Å². The molecule has 39 nitrogen and oxygen atoms in total. The van der Waals surface area contributed by atoms with Gasteiger partial charge in [0.15, 0.2) is 41.4 Å². The maximum atomic E-state index is 13.8. The largest absolute Gasteiger partial charge is 0.490 e. The lowest BCUT2D eigenvalue weighted by atomic mass is 9.95. The molecule has 0 spiro atoms. The third kappa shape index (κ3) is 12.2. The van der Waals surface area contributed by atoms with Crippen molar-refractivity contribution in [2.24, 2.45) is 23.7 Å². The molecule has 9 heterocycles. The molecule has 9 rings (SSSR count). The molecular formula is C36H54N15O24P4+. The monoisotopic (exact) mass is 1200 g/mol. The Morgan fingerprint density at radius 3 is 2.08 bits per heavy atom. The smallest absolute Gasteiger partial charge is 0.387 e. The van der Waals surface area contributed by atoms with Crippen molar-refractivity contribution < 1.29 is 113 Å². The van der Waals surface area contributed by atoms with Crippen LogP contribution >= 0.6 is 31.3 Å². The van der Waals surface area contributed by atoms with E-state index in [0.29, 0.717) is 0 Å². The number of nitrogens with zero attached hydrogens (tertiary/aromatic N) is 10. The molecule has 5 unspecified atom stereocenters. The molecule has 43 heteroatoms. The van der Waals surface area contributed by atoms with Crippen LogP contribution in [0.2, 0.25) is 0 Å². The van der Waals surface area contributed by atoms with Crippen LogP contribution < -0.4 is 32.2 Å². The normalized spacial score (nSPS) is 31.1. The summed E-state index contributed by atoms with van der Waals surface area (Å²) in [6.07, 6.45) is -13.6. The van der Waals surface area contributed by atoms with Gasteiger partial charge in [-0.3, -0.25) is 41.6 Å². The lowest BCUT2D eigenvalue weighted by Gasteiger charge is -2.26. The van der Waals surface area contributed by atoms with Crippen molar-refractivity contribution in [1.29, 1.82) is 0 Å². The Morgan fingerprint density at radius 1 is 0.772 bits per heavy atom. The number of guanidine groups is 1. The van der Waals surface area contributed by atoms with Crippen LogP contribution in [0.1, 0.15) is 37.0 Å². The number of imidazole rings is 3. The van der Waals surface area contributed by atoms with E-state index in [9.17, 15) is 63.1 Å². The SMILES string of the molecule is CNc1ncnc2c1ncn2[C@@H]1O[C@H](COP(=O)(O)OP(=O)(O)OP(=O)(O)OC[C@H]2O[C@@H]([n+]3cn(C)c4c3NC(N)=NC4O)[C@H](O)[C@@H]2CCOC)[C@@H](OP(=O)(O)OC[C@H]2O[C@@H](n3cnc4c(=O)[nH]c(N)nc43)[C@H](O)[C@@H]2O)[C@H]1OC. The van der Waals surface area contributed by atoms with Crippen molar-refractivity contribution in [2.45, 2.75) is 80.2 Å². The molecule has 5 aromatic rings. The van der Waals surface area contributed by atoms with E-state index in [1.165, 1.54) is 33.5 Å². The number of aliphatic imine (C=N–C) groups is 1. The van der Waals surface area contributed by atoms with Crippen LogP contribution in [0.25, 0.3) is 22.3 Å². The maximum absolute atomic E-state index is 13.8. The summed E-state index contributed by atoms with van der Waals surface area (Å²) in [5.74, 6) is -0.922. The number of aliphatic hydroxyl groups is 4. The predicted molar refractivity (Wildman–Crippen MR) is 258 cm³/mol. The second kappa shape index (κ2) is 22.8. The minimum Gasteiger partial charge on any atom is -0.387 e. The highest BCUT2D eigenvalue weighted by Crippen LogP contribution is 2.68. The summed E-state index contributed by atoms with van der Waals surface area (Å²) < 4.78 is 117. The summed E-state index contributed by atoms with van der Waals surface area (Å²) in [5.41, 5.74) is 11.0. The van der Waals surface area contributed by atoms with Crippen LogP contribution in [0.5, 0.6) is 0 Å². The number of hydrogen-bond acceptors (Lipinski definition) is 30. The third-order valence-electron chi connectivity index (χ3n) is 12.7. The van der Waals surface area contributed by atoms with Gasteiger partial charge in [-0.25, -0.2) is 48.1 Å². The highest BCUT2D eigenvalue weighted by atomic mass is 31.3. The summed E-state index contributed by atoms with van der Waals surface area (Å²) in [4.78, 5) is 82.0. The minimum atomic E-state index is -6.17. The number of nitrogens with one attached hydrogen (secondary N) is 3. The Bertz CT molecular complexity index is 3350. The zero-order valence-electron chi connectivity index (χ0n) is 41.4. The van der Waals surface area contributed by atoms with Gasteiger partial charge in [0.1, 0.15) is 54.6 Å². The van der Waals surface area contributed by atoms with Crippen molar-refractivity contribution >= 4 is 77.2 Å². The van der Waals surface area contributed by atoms with Crippen molar-refractivity contribution in [1.82, 2.24) is 43.6 Å². The van der Waals surface area contributed by atoms with Crippen LogP contribution in [0.3, 0.4) is 0 Å². The fourth-order valence-electron chi connectivity index (χ4n) is 9.28. The first-order valence-corrected chi connectivity index (χ1v) is 29.1. The average molecular weight is 1200 g/mol. The number of hydrogen-bond donors (Lipinski definition) is 13. The number of aromatic amines is 1. The molecule has 0 radical (unpaired) electrons. The molecule has 15 N–H and O–H groups in total. The van der Waals surface area contributed by atoms with Gasteiger partial charge in [0, 0.05) is 33.8 Å². The lowest BCUT2D eigenvalue weighted by molar-refractivity contribution is -0.753. The van der Waals surface area contributed by atoms with E-state index in [-0.39, 0.29) is 64.6 Å². The number of aliphatic hydroxyl groups excluding tert-OH is 4. The number of anilines is 3. The number of aryl methyl sites for hydroxylation is 1. The Balaban J connectivity index is 0.873. The zero-order chi connectivity index (χ0) is 57.1. The first kappa shape index (κ1) is 58.8. The number of phosphoric ester groups is 3. The topological polar surface area (TPSA) is 536 Å². The molecule has 0 amide bonds. The van der Waals surface area contributed by atoms with Crippen molar-refractivity contribution in [3.05, 3.63) is 41.4 Å². The number of nitrogens with two attached hydrogens (primary N) is 2. The standard InChI is InChI=1S/C36H53N15O24P4/c1-39-26-18-27(41-10-40-26)49(11-42-18)34-25(66-4)24(73-76(57,58)67-8-16-22(53)23(54)33(71-16)50-12-43-19-28(50)44-35(37)46-30(19)55)17(72-34)9-69-78(61,62)75-79(63,64)74-77(59,60)68-7-15-14(5-6-65-3)21(52)32(70-15)51-13-48(2)20-29(51)45-36(38)47-31(20)56/h10-17,21-25,31-34,52-54,56H,5-9H2,1-4H3,(H10-,37,38,39,40,41,44,45,46,47,55,57,58,59,60,61,62,63,64)/p+1/t14-,15-,16-,17-,21-,22-,23-,24-,25-,31?,32-,33-,34-/m1/s1. The van der Waals surface area contributed by atoms with Gasteiger partial charge in [-0.15, -0.1) is 0 Å². The molecule has 4 aliphatic heterocycles. The van der Waals surface area contributed by atoms with Gasteiger partial charge in [0.05, 0.1) is 45.6 Å². The first-order valence-electron chi connectivity index (χ1n) is 23.1. The molecule has 5 aromatic heterocycles. The quantitative estimate of drug-likeness (QED) is 0.0228. The highest BCUT2D eigenvalue weighted by Gasteiger charge is 2.54. The summed E-state index contributed by atoms with van der Waals surface area (Å²) in [7, 11) is -17.7. The van der Waals surface area contributed by atoms with E-state index >= 15 is 0 Å². The second-order valence-electron chi connectivity index (χ2n) is 17.8. The van der Waals surface area contributed by atoms with Crippen molar-refractivity contribution in [3.63, 3.8) is 0 Å². The van der Waals surface area contributed by atoms with E-state index in [1.807, 2.05) is 0 Å². The number of H-pyrrole nitrogens is 1. The number of ether oxygens (including phenoxy) is 5. The fourth-order valence-corrected chi connectivity index (χ4v) is 13.8. The summed E-state index contributed by atoms with van der Waals surface area (Å²) in [6, 6.07) is 0. The molecule has 3 saturated heterocycles. The number of fused-ring (bicyclic) bond motifs is 3. The van der Waals surface area contributed by atoms with E-state index in [1.54, 1.807) is 14.1 Å². The average Bonchev–Trinajstić information content (AvgIpc) is 4.30. The summed E-state index contributed by atoms with van der Waals surface area (Å²) >= 11 is 0. The van der Waals surface area contributed by atoms with E-state index in [4.69, 9.17) is 53.2 Å². The maximum Gasteiger partial charge on any atom is 0.490 e. The van der Waals surface area contributed by atoms with Gasteiger partial charge in [-0.1, -0.05) is 0 Å². The predicted octanol–water partition coefficient (Wildman–Crippen LogP) is -3.05. The van der Waals surface area contributed by atoms with Gasteiger partial charge in [0.25, 0.3) is 17.3 Å². The van der Waals surface area contributed by atoms with Crippen LogP contribution in [0, 0.1) is 5.92 Å². The van der Waals surface area contributed by atoms with Crippen LogP contribution in [-0.2, 0) is 75.7 Å². The van der Waals surface area contributed by atoms with Crippen molar-refractivity contribution in [3.8, 4) is 0 Å². The first-order chi connectivity index (χ1) is 37.2. The molecule has 0 aliphatic carbocycles. The highest BCUT2D eigenvalue weighted by molar-refractivity contribution is 7.66. The molecule has 3 fully saturated rings. The number of nitrogen functional groups attached to an aromatic ring is 1. The Labute approximate surface area is 442 Å². The fraction of sp³-hybridized carbons (Fsp3) is 0.611. The summed E-state index contributed by atoms with van der Waals surface area (Å²) in [5, 5.41) is 49.4. The van der Waals surface area contributed by atoms with E-state index in [2.05, 4.69) is 54.2 Å². The molecular weight excluding hydrogens is 1150 g/mol. The Hall–Kier alpha value is -4.86. The number of rotatable bonds is 23. The van der Waals surface area contributed by atoms with Crippen LogP contribution in [0.15, 0.2) is 35.1 Å². The molecule has 0 aromatic carbocycles. The van der Waals surface area contributed by atoms with Gasteiger partial charge in [-0.2, -0.15) is 18.6 Å². The third-order valence-corrected chi connectivity index (χ3v) is 18.0. The van der Waals surface area contributed by atoms with Gasteiger partial charge in [-0.05, 0) is 6.42 Å². The van der Waals surface area contributed by atoms with Gasteiger partial charge in [0.2, 0.25) is 24.1 Å². The lowest BCUT2D eigenvalue weighted by Crippen LogP contribution is -2.48. The number of methoxy groups -OCH3 is 2. The Kier molecular flexibility index (Phi) is 17.0. The van der Waals surface area contributed by atoms with Gasteiger partial charge < -0.3 is 80.5 Å². The molecule has 0 saturated carbocycles. The molecule has 17 atom stereocenters. The van der Waals surface area contributed by atoms with Crippen LogP contribution in [-0.4, -0.2) is 186 Å². The molecule has 0 bridgehead atoms. The van der Waals surface area contributed by atoms with Crippen molar-refractivity contribution in [2.75, 3.05) is 64.1 Å². The Morgan fingerprint density at radius 2 is 1.41 bits per heavy atom. The van der Waals surface area contributed by atoms with E-state index < -0.39 is 136 Å². The number of phosphoric acid groups is 4.